The van der Waals surface area contributed by atoms with Gasteiger partial charge in [-0.05, 0) is 51.4 Å². The monoisotopic (exact) mass is 349 g/mol. The first-order valence-electron chi connectivity index (χ1n) is 9.98. The van der Waals surface area contributed by atoms with Gasteiger partial charge < -0.3 is 19.4 Å². The largest absolute Gasteiger partial charge is 0.450 e. The summed E-state index contributed by atoms with van der Waals surface area (Å²) in [5.74, 6) is 0.346. The average molecular weight is 349 g/mol. The molecule has 0 N–H and O–H groups in total. The SMILES string of the molecule is CCOC(=O)N1CCC2(CC(N3CCC(N4C(=O)C[C@H]4C)CC3)C2)C1. The van der Waals surface area contributed by atoms with E-state index in [1.807, 2.05) is 11.8 Å². The molecule has 25 heavy (non-hydrogen) atoms. The third-order valence-electron chi connectivity index (χ3n) is 6.94. The molecule has 1 atom stereocenters. The second-order valence-electron chi connectivity index (χ2n) is 8.55. The molecule has 3 aliphatic heterocycles. The second-order valence-corrected chi connectivity index (χ2v) is 8.55. The molecule has 0 aromatic heterocycles. The summed E-state index contributed by atoms with van der Waals surface area (Å²) >= 11 is 0. The van der Waals surface area contributed by atoms with Crippen LogP contribution >= 0.6 is 0 Å². The Balaban J connectivity index is 1.23. The molecule has 1 spiro atoms. The van der Waals surface area contributed by atoms with Crippen molar-refractivity contribution < 1.29 is 14.3 Å². The summed E-state index contributed by atoms with van der Waals surface area (Å²) in [5, 5.41) is 0. The van der Waals surface area contributed by atoms with Crippen LogP contribution in [0.5, 0.6) is 0 Å². The molecule has 1 saturated carbocycles. The molecule has 1 aliphatic carbocycles. The van der Waals surface area contributed by atoms with Gasteiger partial charge in [0.15, 0.2) is 0 Å². The molecule has 140 valence electrons. The van der Waals surface area contributed by atoms with Crippen LogP contribution in [0.15, 0.2) is 0 Å². The lowest BCUT2D eigenvalue weighted by molar-refractivity contribution is -0.151. The third-order valence-corrected chi connectivity index (χ3v) is 6.94. The van der Waals surface area contributed by atoms with Crippen molar-refractivity contribution in [2.45, 2.75) is 70.5 Å². The van der Waals surface area contributed by atoms with E-state index in [4.69, 9.17) is 4.74 Å². The van der Waals surface area contributed by atoms with Crippen molar-refractivity contribution in [3.63, 3.8) is 0 Å². The summed E-state index contributed by atoms with van der Waals surface area (Å²) in [4.78, 5) is 30.3. The summed E-state index contributed by atoms with van der Waals surface area (Å²) in [5.41, 5.74) is 0.343. The topological polar surface area (TPSA) is 53.1 Å². The maximum atomic E-state index is 11.9. The zero-order valence-electron chi connectivity index (χ0n) is 15.6. The van der Waals surface area contributed by atoms with Crippen LogP contribution in [0, 0.1) is 5.41 Å². The first-order chi connectivity index (χ1) is 12.0. The minimum Gasteiger partial charge on any atom is -0.450 e. The van der Waals surface area contributed by atoms with Crippen molar-refractivity contribution in [2.75, 3.05) is 32.8 Å². The highest BCUT2D eigenvalue weighted by Crippen LogP contribution is 2.50. The molecule has 4 rings (SSSR count). The minimum atomic E-state index is -0.142. The molecule has 0 unspecified atom stereocenters. The lowest BCUT2D eigenvalue weighted by Crippen LogP contribution is -2.60. The number of hydrogen-bond donors (Lipinski definition) is 0. The van der Waals surface area contributed by atoms with Crippen molar-refractivity contribution in [3.8, 4) is 0 Å². The van der Waals surface area contributed by atoms with Crippen LogP contribution in [0.25, 0.3) is 0 Å². The van der Waals surface area contributed by atoms with Crippen molar-refractivity contribution >= 4 is 12.0 Å². The number of ether oxygens (including phenoxy) is 1. The summed E-state index contributed by atoms with van der Waals surface area (Å²) < 4.78 is 5.14. The summed E-state index contributed by atoms with van der Waals surface area (Å²) in [6.07, 6.45) is 6.39. The van der Waals surface area contributed by atoms with E-state index >= 15 is 0 Å². The van der Waals surface area contributed by atoms with Crippen LogP contribution in [0.3, 0.4) is 0 Å². The molecule has 0 aromatic rings. The summed E-state index contributed by atoms with van der Waals surface area (Å²) in [6, 6.07) is 1.59. The van der Waals surface area contributed by atoms with Crippen molar-refractivity contribution in [2.24, 2.45) is 5.41 Å². The van der Waals surface area contributed by atoms with Crippen molar-refractivity contribution in [1.82, 2.24) is 14.7 Å². The highest BCUT2D eigenvalue weighted by molar-refractivity contribution is 5.83. The molecule has 3 heterocycles. The highest BCUT2D eigenvalue weighted by atomic mass is 16.6. The Morgan fingerprint density at radius 3 is 2.52 bits per heavy atom. The van der Waals surface area contributed by atoms with E-state index in [2.05, 4.69) is 16.7 Å². The normalized spacial score (nSPS) is 36.5. The Hall–Kier alpha value is -1.30. The lowest BCUT2D eigenvalue weighted by atomic mass is 9.64. The Bertz CT molecular complexity index is 538. The number of hydrogen-bond acceptors (Lipinski definition) is 4. The number of carbonyl (C=O) groups is 2. The fourth-order valence-corrected chi connectivity index (χ4v) is 5.52. The van der Waals surface area contributed by atoms with Crippen LogP contribution in [0.2, 0.25) is 0 Å². The maximum absolute atomic E-state index is 11.9. The number of amides is 2. The van der Waals surface area contributed by atoms with E-state index in [0.717, 1.165) is 51.9 Å². The summed E-state index contributed by atoms with van der Waals surface area (Å²) in [7, 11) is 0. The minimum absolute atomic E-state index is 0.142. The van der Waals surface area contributed by atoms with E-state index < -0.39 is 0 Å². The van der Waals surface area contributed by atoms with Gasteiger partial charge in [0, 0.05) is 50.7 Å². The number of β-lactam (4-membered cyclic amide) rings is 1. The predicted octanol–water partition coefficient (Wildman–Crippen LogP) is 2.08. The highest BCUT2D eigenvalue weighted by Gasteiger charge is 2.52. The molecule has 0 aromatic carbocycles. The van der Waals surface area contributed by atoms with Gasteiger partial charge in [0.05, 0.1) is 6.61 Å². The number of nitrogens with zero attached hydrogens (tertiary/aromatic N) is 3. The Morgan fingerprint density at radius 2 is 1.92 bits per heavy atom. The van der Waals surface area contributed by atoms with Crippen LogP contribution in [-0.4, -0.2) is 77.6 Å². The van der Waals surface area contributed by atoms with Crippen LogP contribution in [0.4, 0.5) is 4.79 Å². The van der Waals surface area contributed by atoms with Gasteiger partial charge in [0.25, 0.3) is 0 Å². The molecular weight excluding hydrogens is 318 g/mol. The first kappa shape index (κ1) is 17.1. The molecular formula is C19H31N3O3. The number of piperidine rings is 1. The van der Waals surface area contributed by atoms with Gasteiger partial charge in [-0.25, -0.2) is 4.79 Å². The number of carbonyl (C=O) groups excluding carboxylic acids is 2. The van der Waals surface area contributed by atoms with Gasteiger partial charge in [0.1, 0.15) is 0 Å². The molecule has 6 heteroatoms. The van der Waals surface area contributed by atoms with E-state index in [1.54, 1.807) is 0 Å². The van der Waals surface area contributed by atoms with Crippen LogP contribution < -0.4 is 0 Å². The Kier molecular flexibility index (Phi) is 4.42. The van der Waals surface area contributed by atoms with Gasteiger partial charge in [-0.15, -0.1) is 0 Å². The van der Waals surface area contributed by atoms with E-state index in [0.29, 0.717) is 36.1 Å². The molecule has 0 bridgehead atoms. The van der Waals surface area contributed by atoms with E-state index in [-0.39, 0.29) is 6.09 Å². The fraction of sp³-hybridized carbons (Fsp3) is 0.895. The number of likely N-dealkylation sites (tertiary alicyclic amines) is 3. The molecule has 6 nitrogen and oxygen atoms in total. The van der Waals surface area contributed by atoms with Gasteiger partial charge in [-0.1, -0.05) is 0 Å². The molecule has 4 fully saturated rings. The molecule has 0 radical (unpaired) electrons. The van der Waals surface area contributed by atoms with Gasteiger partial charge in [0.2, 0.25) is 5.91 Å². The standard InChI is InChI=1S/C19H31N3O3/c1-3-25-18(24)21-9-6-19(13-21)11-16(12-19)20-7-4-15(5-8-20)22-14(2)10-17(22)23/h14-16H,3-13H2,1-2H3/t14-,16?,19?/m1/s1. The Morgan fingerprint density at radius 1 is 1.20 bits per heavy atom. The van der Waals surface area contributed by atoms with Crippen molar-refractivity contribution in [1.29, 1.82) is 0 Å². The zero-order valence-corrected chi connectivity index (χ0v) is 15.6. The Labute approximate surface area is 150 Å². The quantitative estimate of drug-likeness (QED) is 0.732. The molecule has 2 amide bonds. The predicted molar refractivity (Wildman–Crippen MR) is 94.2 cm³/mol. The van der Waals surface area contributed by atoms with Crippen LogP contribution in [0.1, 0.15) is 52.4 Å². The molecule has 4 aliphatic rings. The van der Waals surface area contributed by atoms with Gasteiger partial charge >= 0.3 is 6.09 Å². The van der Waals surface area contributed by atoms with Gasteiger partial charge in [-0.3, -0.25) is 4.79 Å². The summed E-state index contributed by atoms with van der Waals surface area (Å²) in [6.45, 7) is 8.44. The zero-order chi connectivity index (χ0) is 17.6. The first-order valence-corrected chi connectivity index (χ1v) is 9.98. The number of rotatable bonds is 3. The second kappa shape index (κ2) is 6.45. The average Bonchev–Trinajstić information content (AvgIpc) is 3.00. The smallest absolute Gasteiger partial charge is 0.409 e. The van der Waals surface area contributed by atoms with E-state index in [1.165, 1.54) is 12.8 Å². The molecule has 3 saturated heterocycles. The van der Waals surface area contributed by atoms with Crippen LogP contribution in [-0.2, 0) is 9.53 Å². The van der Waals surface area contributed by atoms with Gasteiger partial charge in [-0.2, -0.15) is 0 Å². The fourth-order valence-electron chi connectivity index (χ4n) is 5.52. The van der Waals surface area contributed by atoms with E-state index in [9.17, 15) is 9.59 Å². The lowest BCUT2D eigenvalue weighted by Gasteiger charge is -2.53. The maximum Gasteiger partial charge on any atom is 0.409 e. The third kappa shape index (κ3) is 3.03. The van der Waals surface area contributed by atoms with Crippen molar-refractivity contribution in [3.05, 3.63) is 0 Å².